The zero-order chi connectivity index (χ0) is 11.9. The topological polar surface area (TPSA) is 132 Å². The van der Waals surface area contributed by atoms with Crippen molar-refractivity contribution in [3.63, 3.8) is 0 Å². The van der Waals surface area contributed by atoms with Crippen molar-refractivity contribution >= 4 is 7.75 Å². The molecule has 0 radical (unpaired) electrons. The molecule has 8 nitrogen and oxygen atoms in total. The van der Waals surface area contributed by atoms with Crippen LogP contribution in [-0.2, 0) is 23.1 Å². The fourth-order valence-electron chi connectivity index (χ4n) is 0.792. The lowest BCUT2D eigenvalue weighted by Crippen LogP contribution is -2.33. The molecule has 0 aromatic carbocycles. The quantitative estimate of drug-likeness (QED) is 0.363. The molecule has 2 atom stereocenters. The number of hydrogen-bond acceptors (Lipinski definition) is 7. The lowest BCUT2D eigenvalue weighted by atomic mass is 10.7. The van der Waals surface area contributed by atoms with Crippen LogP contribution in [0.4, 0.5) is 0 Å². The Hall–Kier alpha value is -0.0500. The van der Waals surface area contributed by atoms with Crippen molar-refractivity contribution in [2.24, 2.45) is 17.0 Å². The van der Waals surface area contributed by atoms with E-state index in [1.807, 2.05) is 0 Å². The fourth-order valence-corrected chi connectivity index (χ4v) is 1.72. The van der Waals surface area contributed by atoms with Crippen molar-refractivity contribution in [1.82, 2.24) is 0 Å². The Bertz CT molecular complexity index is 199. The third kappa shape index (κ3) is 7.83. The van der Waals surface area contributed by atoms with Gasteiger partial charge < -0.3 is 20.9 Å². The van der Waals surface area contributed by atoms with Gasteiger partial charge in [-0.15, -0.1) is 0 Å². The molecule has 0 aliphatic rings. The molecule has 0 aliphatic carbocycles. The van der Waals surface area contributed by atoms with Crippen LogP contribution in [0.25, 0.3) is 0 Å². The number of hydrogen-bond donors (Lipinski definition) is 3. The standard InChI is InChI=1S/C6H18N3O5P/c1-11-3-5(7)13-15(9,10)14-6(8)4-12-2/h5-6H,3-4,7-8H2,1-2H3,(H2,9,10). The second-order valence-electron chi connectivity index (χ2n) is 2.74. The molecule has 0 bridgehead atoms. The van der Waals surface area contributed by atoms with Gasteiger partial charge in [-0.3, -0.25) is 9.05 Å². The molecule has 0 aromatic heterocycles. The summed E-state index contributed by atoms with van der Waals surface area (Å²) in [6.07, 6.45) is -1.86. The second-order valence-corrected chi connectivity index (χ2v) is 4.24. The van der Waals surface area contributed by atoms with Crippen LogP contribution in [0.2, 0.25) is 0 Å². The van der Waals surface area contributed by atoms with E-state index in [0.717, 1.165) is 0 Å². The highest BCUT2D eigenvalue weighted by molar-refractivity contribution is 7.51. The van der Waals surface area contributed by atoms with Gasteiger partial charge in [-0.1, -0.05) is 0 Å². The van der Waals surface area contributed by atoms with Gasteiger partial charge in [0.1, 0.15) is 12.5 Å². The van der Waals surface area contributed by atoms with E-state index in [4.69, 9.17) is 26.0 Å². The van der Waals surface area contributed by atoms with Crippen molar-refractivity contribution in [2.75, 3.05) is 27.4 Å². The summed E-state index contributed by atoms with van der Waals surface area (Å²) in [5, 5.41) is 0. The van der Waals surface area contributed by atoms with Gasteiger partial charge >= 0.3 is 7.75 Å². The van der Waals surface area contributed by atoms with Gasteiger partial charge in [-0.25, -0.2) is 10.1 Å². The maximum Gasteiger partial charge on any atom is 0.406 e. The Kier molecular flexibility index (Phi) is 7.24. The van der Waals surface area contributed by atoms with E-state index in [2.05, 4.69) is 9.47 Å². The number of nitrogens with two attached hydrogens (primary N) is 3. The van der Waals surface area contributed by atoms with Crippen LogP contribution in [-0.4, -0.2) is 39.9 Å². The van der Waals surface area contributed by atoms with E-state index >= 15 is 0 Å². The Morgan fingerprint density at radius 1 is 1.07 bits per heavy atom. The fraction of sp³-hybridized carbons (Fsp3) is 1.00. The van der Waals surface area contributed by atoms with Crippen LogP contribution in [0, 0.1) is 0 Å². The molecular formula is C6H18N3O5P. The van der Waals surface area contributed by atoms with Crippen LogP contribution >= 0.6 is 7.75 Å². The molecule has 0 spiro atoms. The second kappa shape index (κ2) is 7.26. The Labute approximate surface area is 88.6 Å². The first kappa shape index (κ1) is 14.9. The van der Waals surface area contributed by atoms with Gasteiger partial charge in [-0.05, 0) is 0 Å². The Morgan fingerprint density at radius 2 is 1.40 bits per heavy atom. The normalized spacial score (nSPS) is 19.5. The summed E-state index contributed by atoms with van der Waals surface area (Å²) in [7, 11) is -0.937. The van der Waals surface area contributed by atoms with E-state index in [1.165, 1.54) is 14.2 Å². The predicted octanol–water partition coefficient (Wildman–Crippen LogP) is -1.05. The van der Waals surface area contributed by atoms with Crippen LogP contribution < -0.4 is 17.0 Å². The summed E-state index contributed by atoms with van der Waals surface area (Å²) < 4.78 is 30.2. The SMILES string of the molecule is COCC(N)OP(N)(=O)OC(N)COC. The largest absolute Gasteiger partial charge is 0.406 e. The molecule has 0 aromatic rings. The number of rotatable bonds is 8. The van der Waals surface area contributed by atoms with Gasteiger partial charge in [0.2, 0.25) is 0 Å². The van der Waals surface area contributed by atoms with E-state index < -0.39 is 20.2 Å². The molecular weight excluding hydrogens is 225 g/mol. The minimum Gasteiger partial charge on any atom is -0.381 e. The summed E-state index contributed by atoms with van der Waals surface area (Å²) in [4.78, 5) is 0. The molecule has 0 heterocycles. The van der Waals surface area contributed by atoms with Crippen LogP contribution in [0.15, 0.2) is 0 Å². The van der Waals surface area contributed by atoms with Crippen LogP contribution in [0.5, 0.6) is 0 Å². The molecule has 15 heavy (non-hydrogen) atoms. The van der Waals surface area contributed by atoms with Gasteiger partial charge in [0, 0.05) is 14.2 Å². The first-order valence-electron chi connectivity index (χ1n) is 4.15. The molecule has 0 fully saturated rings. The van der Waals surface area contributed by atoms with Crippen LogP contribution in [0.1, 0.15) is 0 Å². The highest BCUT2D eigenvalue weighted by Gasteiger charge is 2.25. The Morgan fingerprint density at radius 3 is 1.67 bits per heavy atom. The maximum atomic E-state index is 11.4. The van der Waals surface area contributed by atoms with E-state index in [-0.39, 0.29) is 13.2 Å². The zero-order valence-electron chi connectivity index (χ0n) is 8.79. The highest BCUT2D eigenvalue weighted by atomic mass is 31.2. The zero-order valence-corrected chi connectivity index (χ0v) is 9.68. The summed E-state index contributed by atoms with van der Waals surface area (Å²) in [5.41, 5.74) is 16.0. The summed E-state index contributed by atoms with van der Waals surface area (Å²) in [6.45, 7) is 0.0914. The lowest BCUT2D eigenvalue weighted by Gasteiger charge is -2.20. The molecule has 0 aliphatic heterocycles. The maximum absolute atomic E-state index is 11.4. The lowest BCUT2D eigenvalue weighted by molar-refractivity contribution is 0.0385. The number of ether oxygens (including phenoxy) is 2. The minimum atomic E-state index is -3.77. The summed E-state index contributed by atoms with van der Waals surface area (Å²) in [5.74, 6) is 0. The predicted molar refractivity (Wildman–Crippen MR) is 53.7 cm³/mol. The monoisotopic (exact) mass is 243 g/mol. The third-order valence-corrected chi connectivity index (χ3v) is 2.36. The molecule has 0 amide bonds. The molecule has 92 valence electrons. The van der Waals surface area contributed by atoms with Crippen molar-refractivity contribution in [2.45, 2.75) is 12.5 Å². The molecule has 2 unspecified atom stereocenters. The summed E-state index contributed by atoms with van der Waals surface area (Å²) in [6, 6.07) is 0. The Balaban J connectivity index is 4.00. The van der Waals surface area contributed by atoms with Gasteiger partial charge in [-0.2, -0.15) is 0 Å². The average molecular weight is 243 g/mol. The van der Waals surface area contributed by atoms with Gasteiger partial charge in [0.25, 0.3) is 0 Å². The van der Waals surface area contributed by atoms with E-state index in [9.17, 15) is 4.57 Å². The summed E-state index contributed by atoms with van der Waals surface area (Å²) >= 11 is 0. The molecule has 0 rings (SSSR count). The van der Waals surface area contributed by atoms with Gasteiger partial charge in [0.05, 0.1) is 13.2 Å². The molecule has 0 saturated carbocycles. The average Bonchev–Trinajstić information content (AvgIpc) is 2.01. The third-order valence-electron chi connectivity index (χ3n) is 1.23. The van der Waals surface area contributed by atoms with E-state index in [0.29, 0.717) is 0 Å². The number of methoxy groups -OCH3 is 2. The van der Waals surface area contributed by atoms with E-state index in [1.54, 1.807) is 0 Å². The first-order chi connectivity index (χ1) is 6.91. The van der Waals surface area contributed by atoms with Crippen molar-refractivity contribution in [1.29, 1.82) is 0 Å². The molecule has 6 N–H and O–H groups in total. The van der Waals surface area contributed by atoms with Crippen molar-refractivity contribution in [3.05, 3.63) is 0 Å². The van der Waals surface area contributed by atoms with Crippen molar-refractivity contribution in [3.8, 4) is 0 Å². The molecule has 9 heteroatoms. The van der Waals surface area contributed by atoms with Gasteiger partial charge in [0.15, 0.2) is 0 Å². The first-order valence-corrected chi connectivity index (χ1v) is 5.77. The van der Waals surface area contributed by atoms with Crippen molar-refractivity contribution < 1.29 is 23.1 Å². The highest BCUT2D eigenvalue weighted by Crippen LogP contribution is 2.40. The molecule has 0 saturated heterocycles. The smallest absolute Gasteiger partial charge is 0.381 e. The van der Waals surface area contributed by atoms with Crippen LogP contribution in [0.3, 0.4) is 0 Å². The minimum absolute atomic E-state index is 0.0457.